The molecule has 1 saturated carbocycles. The van der Waals surface area contributed by atoms with Crippen LogP contribution in [0.1, 0.15) is 31.7 Å². The van der Waals surface area contributed by atoms with Crippen molar-refractivity contribution in [2.45, 2.75) is 38.6 Å². The summed E-state index contributed by atoms with van der Waals surface area (Å²) in [5.41, 5.74) is 5.88. The van der Waals surface area contributed by atoms with Gasteiger partial charge in [-0.3, -0.25) is 4.79 Å². The van der Waals surface area contributed by atoms with E-state index in [4.69, 9.17) is 17.3 Å². The number of rotatable bonds is 3. The smallest absolute Gasteiger partial charge is 0.144 e. The minimum absolute atomic E-state index is 0.0220. The molecule has 0 amide bonds. The number of halogens is 2. The van der Waals surface area contributed by atoms with Crippen molar-refractivity contribution < 1.29 is 9.18 Å². The average molecular weight is 270 g/mol. The number of hydrogen-bond donors (Lipinski definition) is 1. The summed E-state index contributed by atoms with van der Waals surface area (Å²) in [4.78, 5) is 12.3. The van der Waals surface area contributed by atoms with Gasteiger partial charge < -0.3 is 5.73 Å². The van der Waals surface area contributed by atoms with Gasteiger partial charge in [0.25, 0.3) is 0 Å². The molecule has 0 aromatic heterocycles. The van der Waals surface area contributed by atoms with Crippen molar-refractivity contribution in [3.8, 4) is 0 Å². The largest absolute Gasteiger partial charge is 0.327 e. The van der Waals surface area contributed by atoms with Crippen molar-refractivity contribution in [1.29, 1.82) is 0 Å². The Balaban J connectivity index is 2.16. The second-order valence-corrected chi connectivity index (χ2v) is 5.69. The van der Waals surface area contributed by atoms with Crippen LogP contribution in [0.4, 0.5) is 4.39 Å². The molecule has 0 spiro atoms. The summed E-state index contributed by atoms with van der Waals surface area (Å²) in [5.74, 6) is -0.403. The first kappa shape index (κ1) is 13.5. The van der Waals surface area contributed by atoms with E-state index in [0.29, 0.717) is 10.6 Å². The zero-order chi connectivity index (χ0) is 13.3. The lowest BCUT2D eigenvalue weighted by atomic mass is 9.78. The number of benzene rings is 1. The van der Waals surface area contributed by atoms with Crippen LogP contribution in [-0.2, 0) is 11.2 Å². The highest BCUT2D eigenvalue weighted by molar-refractivity contribution is 6.30. The van der Waals surface area contributed by atoms with Gasteiger partial charge in [-0.2, -0.15) is 0 Å². The van der Waals surface area contributed by atoms with Crippen LogP contribution in [0.3, 0.4) is 0 Å². The molecule has 1 aliphatic carbocycles. The third-order valence-corrected chi connectivity index (χ3v) is 4.27. The maximum absolute atomic E-state index is 13.7. The third kappa shape index (κ3) is 2.43. The highest BCUT2D eigenvalue weighted by atomic mass is 35.5. The van der Waals surface area contributed by atoms with E-state index in [1.165, 1.54) is 6.07 Å². The fourth-order valence-electron chi connectivity index (χ4n) is 2.58. The lowest BCUT2D eigenvalue weighted by molar-refractivity contribution is -0.127. The monoisotopic (exact) mass is 269 g/mol. The van der Waals surface area contributed by atoms with Crippen LogP contribution >= 0.6 is 11.6 Å². The van der Waals surface area contributed by atoms with Crippen molar-refractivity contribution in [3.63, 3.8) is 0 Å². The topological polar surface area (TPSA) is 43.1 Å². The van der Waals surface area contributed by atoms with E-state index in [1.54, 1.807) is 12.1 Å². The van der Waals surface area contributed by atoms with Crippen LogP contribution in [-0.4, -0.2) is 11.8 Å². The number of nitrogens with two attached hydrogens (primary N) is 1. The zero-order valence-electron chi connectivity index (χ0n) is 10.4. The molecule has 2 rings (SSSR count). The molecule has 2 nitrogen and oxygen atoms in total. The number of ketones is 1. The Kier molecular flexibility index (Phi) is 3.74. The lowest BCUT2D eigenvalue weighted by Gasteiger charge is -2.27. The molecule has 4 heteroatoms. The molecule has 0 saturated heterocycles. The highest BCUT2D eigenvalue weighted by Gasteiger charge is 2.42. The summed E-state index contributed by atoms with van der Waals surface area (Å²) >= 11 is 5.69. The Morgan fingerprint density at radius 3 is 2.89 bits per heavy atom. The summed E-state index contributed by atoms with van der Waals surface area (Å²) < 4.78 is 13.7. The molecule has 0 bridgehead atoms. The Hall–Kier alpha value is -0.930. The van der Waals surface area contributed by atoms with E-state index >= 15 is 0 Å². The Morgan fingerprint density at radius 1 is 1.61 bits per heavy atom. The minimum atomic E-state index is -0.508. The van der Waals surface area contributed by atoms with Crippen LogP contribution in [0, 0.1) is 11.2 Å². The van der Waals surface area contributed by atoms with E-state index in [2.05, 4.69) is 0 Å². The van der Waals surface area contributed by atoms with Gasteiger partial charge in [0.15, 0.2) is 0 Å². The number of carbonyl (C=O) groups excluding carboxylic acids is 1. The summed E-state index contributed by atoms with van der Waals surface area (Å²) in [7, 11) is 0. The van der Waals surface area contributed by atoms with E-state index in [1.807, 2.05) is 6.92 Å². The highest BCUT2D eigenvalue weighted by Crippen LogP contribution is 2.38. The molecule has 0 heterocycles. The zero-order valence-corrected chi connectivity index (χ0v) is 11.1. The summed E-state index contributed by atoms with van der Waals surface area (Å²) in [6, 6.07) is 4.30. The molecular formula is C14H17ClFNO. The van der Waals surface area contributed by atoms with Gasteiger partial charge in [0, 0.05) is 22.9 Å². The minimum Gasteiger partial charge on any atom is -0.327 e. The molecular weight excluding hydrogens is 253 g/mol. The molecule has 0 aliphatic heterocycles. The van der Waals surface area contributed by atoms with Crippen LogP contribution < -0.4 is 5.73 Å². The fraction of sp³-hybridized carbons (Fsp3) is 0.500. The van der Waals surface area contributed by atoms with Gasteiger partial charge >= 0.3 is 0 Å². The molecule has 0 radical (unpaired) electrons. The average Bonchev–Trinajstić information content (AvgIpc) is 2.64. The summed E-state index contributed by atoms with van der Waals surface area (Å²) in [6.45, 7) is 1.89. The number of hydrogen-bond acceptors (Lipinski definition) is 2. The van der Waals surface area contributed by atoms with Gasteiger partial charge in [0.05, 0.1) is 0 Å². The second-order valence-electron chi connectivity index (χ2n) is 5.25. The van der Waals surface area contributed by atoms with Crippen molar-refractivity contribution in [2.75, 3.05) is 0 Å². The van der Waals surface area contributed by atoms with Crippen LogP contribution in [0.5, 0.6) is 0 Å². The number of Topliss-reactive ketones (excluding diaryl/α,β-unsaturated/α-hetero) is 1. The van der Waals surface area contributed by atoms with Crippen molar-refractivity contribution in [2.24, 2.45) is 11.1 Å². The lowest BCUT2D eigenvalue weighted by Crippen LogP contribution is -2.42. The molecule has 2 atom stereocenters. The normalized spacial score (nSPS) is 27.4. The first-order valence-corrected chi connectivity index (χ1v) is 6.54. The first-order valence-electron chi connectivity index (χ1n) is 6.16. The SMILES string of the molecule is CC1(C(=O)Cc2ccc(Cl)cc2F)CCCC1N. The molecule has 1 aliphatic rings. The Labute approximate surface area is 111 Å². The van der Waals surface area contributed by atoms with Crippen LogP contribution in [0.2, 0.25) is 5.02 Å². The van der Waals surface area contributed by atoms with E-state index in [0.717, 1.165) is 19.3 Å². The first-order chi connectivity index (χ1) is 8.43. The standard InChI is InChI=1S/C14H17ClFNO/c1-14(6-2-3-12(14)17)13(18)7-9-4-5-10(15)8-11(9)16/h4-5,8,12H,2-3,6-7,17H2,1H3. The van der Waals surface area contributed by atoms with Crippen LogP contribution in [0.15, 0.2) is 18.2 Å². The molecule has 98 valence electrons. The van der Waals surface area contributed by atoms with Gasteiger partial charge in [0.2, 0.25) is 0 Å². The van der Waals surface area contributed by atoms with Gasteiger partial charge in [-0.1, -0.05) is 31.0 Å². The van der Waals surface area contributed by atoms with E-state index in [-0.39, 0.29) is 18.2 Å². The maximum atomic E-state index is 13.7. The summed E-state index contributed by atoms with van der Waals surface area (Å²) in [6.07, 6.45) is 2.72. The molecule has 18 heavy (non-hydrogen) atoms. The van der Waals surface area contributed by atoms with Crippen LogP contribution in [0.25, 0.3) is 0 Å². The van der Waals surface area contributed by atoms with E-state index in [9.17, 15) is 9.18 Å². The molecule has 2 unspecified atom stereocenters. The van der Waals surface area contributed by atoms with Gasteiger partial charge in [-0.15, -0.1) is 0 Å². The quantitative estimate of drug-likeness (QED) is 0.916. The summed E-state index contributed by atoms with van der Waals surface area (Å²) in [5, 5.41) is 0.340. The van der Waals surface area contributed by atoms with Crippen molar-refractivity contribution >= 4 is 17.4 Å². The fourth-order valence-corrected chi connectivity index (χ4v) is 2.74. The molecule has 1 aromatic carbocycles. The third-order valence-electron chi connectivity index (χ3n) is 4.03. The molecule has 2 N–H and O–H groups in total. The molecule has 1 fully saturated rings. The van der Waals surface area contributed by atoms with Gasteiger partial charge in [-0.25, -0.2) is 4.39 Å². The van der Waals surface area contributed by atoms with Crippen molar-refractivity contribution in [1.82, 2.24) is 0 Å². The predicted octanol–water partition coefficient (Wildman–Crippen LogP) is 3.11. The maximum Gasteiger partial charge on any atom is 0.144 e. The van der Waals surface area contributed by atoms with Crippen molar-refractivity contribution in [3.05, 3.63) is 34.6 Å². The van der Waals surface area contributed by atoms with Gasteiger partial charge in [0.1, 0.15) is 11.6 Å². The Bertz CT molecular complexity index is 477. The van der Waals surface area contributed by atoms with Gasteiger partial charge in [-0.05, 0) is 30.5 Å². The molecule has 1 aromatic rings. The van der Waals surface area contributed by atoms with E-state index < -0.39 is 11.2 Å². The second kappa shape index (κ2) is 4.98. The number of carbonyl (C=O) groups is 1. The Morgan fingerprint density at radius 2 is 2.33 bits per heavy atom. The predicted molar refractivity (Wildman–Crippen MR) is 70.1 cm³/mol.